The highest BCUT2D eigenvalue weighted by Gasteiger charge is 2.32. The number of rotatable bonds is 4. The van der Waals surface area contributed by atoms with Gasteiger partial charge in [0.05, 0.1) is 22.7 Å². The summed E-state index contributed by atoms with van der Waals surface area (Å²) in [4.78, 5) is 12.5. The standard InChI is InChI=1S/C19H20BrNO5S/c1-13-11-21(12-14(2)25-13)27(23,24)18-5-3-4-15(10-18)19(22)26-17-8-6-16(20)7-9-17/h3-10,13-14H,11-12H2,1-2H3. The average Bonchev–Trinajstić information content (AvgIpc) is 2.63. The zero-order valence-electron chi connectivity index (χ0n) is 15.0. The van der Waals surface area contributed by atoms with Gasteiger partial charge in [0, 0.05) is 17.6 Å². The molecule has 0 spiro atoms. The summed E-state index contributed by atoms with van der Waals surface area (Å²) in [6.45, 7) is 4.23. The molecule has 0 saturated carbocycles. The van der Waals surface area contributed by atoms with Crippen LogP contribution in [-0.4, -0.2) is 44.0 Å². The predicted octanol–water partition coefficient (Wildman–Crippen LogP) is 3.47. The highest BCUT2D eigenvalue weighted by atomic mass is 79.9. The van der Waals surface area contributed by atoms with Crippen LogP contribution in [0.4, 0.5) is 0 Å². The molecule has 0 aliphatic carbocycles. The van der Waals surface area contributed by atoms with E-state index in [1.807, 2.05) is 13.8 Å². The molecule has 2 aromatic rings. The van der Waals surface area contributed by atoms with E-state index in [0.29, 0.717) is 5.75 Å². The van der Waals surface area contributed by atoms with E-state index >= 15 is 0 Å². The molecule has 1 aliphatic heterocycles. The molecular formula is C19H20BrNO5S. The number of morpholine rings is 1. The van der Waals surface area contributed by atoms with Crippen LogP contribution in [0.5, 0.6) is 5.75 Å². The molecule has 144 valence electrons. The van der Waals surface area contributed by atoms with Crippen molar-refractivity contribution in [1.82, 2.24) is 4.31 Å². The maximum absolute atomic E-state index is 13.0. The highest BCUT2D eigenvalue weighted by molar-refractivity contribution is 9.10. The first kappa shape index (κ1) is 20.0. The minimum atomic E-state index is -3.72. The largest absolute Gasteiger partial charge is 0.423 e. The molecule has 2 atom stereocenters. The van der Waals surface area contributed by atoms with Crippen LogP contribution in [0, 0.1) is 0 Å². The first-order chi connectivity index (χ1) is 12.8. The molecule has 1 saturated heterocycles. The van der Waals surface area contributed by atoms with Crippen molar-refractivity contribution in [3.8, 4) is 5.75 Å². The van der Waals surface area contributed by atoms with Gasteiger partial charge in [-0.25, -0.2) is 13.2 Å². The van der Waals surface area contributed by atoms with Gasteiger partial charge < -0.3 is 9.47 Å². The van der Waals surface area contributed by atoms with Crippen molar-refractivity contribution in [2.24, 2.45) is 0 Å². The maximum atomic E-state index is 13.0. The molecule has 1 aliphatic rings. The molecule has 2 aromatic carbocycles. The normalized spacial score (nSPS) is 21.0. The number of hydrogen-bond acceptors (Lipinski definition) is 5. The Kier molecular flexibility index (Phi) is 6.00. The van der Waals surface area contributed by atoms with E-state index in [2.05, 4.69) is 15.9 Å². The first-order valence-electron chi connectivity index (χ1n) is 8.49. The number of carbonyl (C=O) groups is 1. The molecule has 2 unspecified atom stereocenters. The van der Waals surface area contributed by atoms with Crippen LogP contribution in [0.15, 0.2) is 57.9 Å². The zero-order chi connectivity index (χ0) is 19.6. The Balaban J connectivity index is 1.82. The molecule has 1 heterocycles. The first-order valence-corrected chi connectivity index (χ1v) is 10.7. The number of ether oxygens (including phenoxy) is 2. The van der Waals surface area contributed by atoms with E-state index in [9.17, 15) is 13.2 Å². The molecule has 27 heavy (non-hydrogen) atoms. The lowest BCUT2D eigenvalue weighted by atomic mass is 10.2. The number of halogens is 1. The second-order valence-corrected chi connectivity index (χ2v) is 9.30. The maximum Gasteiger partial charge on any atom is 0.343 e. The van der Waals surface area contributed by atoms with Gasteiger partial charge in [-0.05, 0) is 56.3 Å². The van der Waals surface area contributed by atoms with E-state index in [1.165, 1.54) is 22.5 Å². The van der Waals surface area contributed by atoms with Crippen molar-refractivity contribution < 1.29 is 22.7 Å². The lowest BCUT2D eigenvalue weighted by Gasteiger charge is -2.34. The number of esters is 1. The van der Waals surface area contributed by atoms with E-state index in [4.69, 9.17) is 9.47 Å². The van der Waals surface area contributed by atoms with Crippen LogP contribution in [0.25, 0.3) is 0 Å². The summed E-state index contributed by atoms with van der Waals surface area (Å²) in [5, 5.41) is 0. The van der Waals surface area contributed by atoms with Gasteiger partial charge in [0.2, 0.25) is 10.0 Å². The van der Waals surface area contributed by atoms with Crippen molar-refractivity contribution in [3.05, 3.63) is 58.6 Å². The summed E-state index contributed by atoms with van der Waals surface area (Å²) in [7, 11) is -3.72. The molecule has 0 radical (unpaired) electrons. The van der Waals surface area contributed by atoms with Crippen LogP contribution >= 0.6 is 15.9 Å². The van der Waals surface area contributed by atoms with E-state index < -0.39 is 16.0 Å². The van der Waals surface area contributed by atoms with Crippen LogP contribution in [0.3, 0.4) is 0 Å². The number of benzene rings is 2. The fraction of sp³-hybridized carbons (Fsp3) is 0.316. The second kappa shape index (κ2) is 8.10. The third-order valence-corrected chi connectivity index (χ3v) is 6.47. The van der Waals surface area contributed by atoms with Crippen molar-refractivity contribution in [2.75, 3.05) is 13.1 Å². The van der Waals surface area contributed by atoms with Gasteiger partial charge >= 0.3 is 5.97 Å². The summed E-state index contributed by atoms with van der Waals surface area (Å²) in [5.74, 6) is -0.231. The fourth-order valence-corrected chi connectivity index (χ4v) is 4.83. The smallest absolute Gasteiger partial charge is 0.343 e. The molecule has 6 nitrogen and oxygen atoms in total. The van der Waals surface area contributed by atoms with Crippen LogP contribution in [-0.2, 0) is 14.8 Å². The quantitative estimate of drug-likeness (QED) is 0.523. The van der Waals surface area contributed by atoms with Crippen molar-refractivity contribution >= 4 is 31.9 Å². The Morgan fingerprint density at radius 2 is 1.74 bits per heavy atom. The third kappa shape index (κ3) is 4.76. The minimum absolute atomic E-state index is 0.0639. The Hall–Kier alpha value is -1.74. The van der Waals surface area contributed by atoms with E-state index in [0.717, 1.165) is 4.47 Å². The summed E-state index contributed by atoms with van der Waals surface area (Å²) in [5.41, 5.74) is 0.174. The molecule has 3 rings (SSSR count). The monoisotopic (exact) mass is 453 g/mol. The summed E-state index contributed by atoms with van der Waals surface area (Å²) in [6.07, 6.45) is -0.372. The molecule has 8 heteroatoms. The van der Waals surface area contributed by atoms with Gasteiger partial charge in [-0.3, -0.25) is 0 Å². The zero-order valence-corrected chi connectivity index (χ0v) is 17.4. The average molecular weight is 454 g/mol. The molecular weight excluding hydrogens is 434 g/mol. The Morgan fingerprint density at radius 1 is 1.11 bits per heavy atom. The third-order valence-electron chi connectivity index (χ3n) is 4.12. The van der Waals surface area contributed by atoms with Crippen LogP contribution in [0.2, 0.25) is 0 Å². The van der Waals surface area contributed by atoms with Gasteiger partial charge in [-0.2, -0.15) is 4.31 Å². The van der Waals surface area contributed by atoms with Gasteiger partial charge in [0.15, 0.2) is 0 Å². The topological polar surface area (TPSA) is 72.9 Å². The van der Waals surface area contributed by atoms with Gasteiger partial charge in [-0.1, -0.05) is 22.0 Å². The lowest BCUT2D eigenvalue weighted by Crippen LogP contribution is -2.48. The molecule has 1 fully saturated rings. The summed E-state index contributed by atoms with van der Waals surface area (Å²) >= 11 is 3.31. The number of hydrogen-bond donors (Lipinski definition) is 0. The summed E-state index contributed by atoms with van der Waals surface area (Å²) in [6, 6.07) is 12.7. The second-order valence-electron chi connectivity index (χ2n) is 6.45. The van der Waals surface area contributed by atoms with Crippen LogP contribution in [0.1, 0.15) is 24.2 Å². The van der Waals surface area contributed by atoms with Crippen molar-refractivity contribution in [3.63, 3.8) is 0 Å². The number of nitrogens with zero attached hydrogens (tertiary/aromatic N) is 1. The SMILES string of the molecule is CC1CN(S(=O)(=O)c2cccc(C(=O)Oc3ccc(Br)cc3)c2)CC(C)O1. The predicted molar refractivity (Wildman–Crippen MR) is 104 cm³/mol. The number of carbonyl (C=O) groups excluding carboxylic acids is 1. The Morgan fingerprint density at radius 3 is 2.37 bits per heavy atom. The Labute approximate surface area is 167 Å². The minimum Gasteiger partial charge on any atom is -0.423 e. The lowest BCUT2D eigenvalue weighted by molar-refractivity contribution is -0.0440. The van der Waals surface area contributed by atoms with E-state index in [1.54, 1.807) is 30.3 Å². The van der Waals surface area contributed by atoms with Gasteiger partial charge in [0.1, 0.15) is 5.75 Å². The molecule has 0 bridgehead atoms. The molecule has 0 amide bonds. The highest BCUT2D eigenvalue weighted by Crippen LogP contribution is 2.23. The van der Waals surface area contributed by atoms with Gasteiger partial charge in [0.25, 0.3) is 0 Å². The van der Waals surface area contributed by atoms with Crippen molar-refractivity contribution in [2.45, 2.75) is 31.0 Å². The molecule has 0 aromatic heterocycles. The summed E-state index contributed by atoms with van der Waals surface area (Å²) < 4.78 is 39.1. The number of sulfonamides is 1. The Bertz CT molecular complexity index is 919. The van der Waals surface area contributed by atoms with Gasteiger partial charge in [-0.15, -0.1) is 0 Å². The van der Waals surface area contributed by atoms with Crippen LogP contribution < -0.4 is 4.74 Å². The molecule has 0 N–H and O–H groups in total. The van der Waals surface area contributed by atoms with Crippen molar-refractivity contribution in [1.29, 1.82) is 0 Å². The van der Waals surface area contributed by atoms with E-state index in [-0.39, 0.29) is 35.8 Å². The fourth-order valence-electron chi connectivity index (χ4n) is 2.93.